The molecule has 0 amide bonds. The molecule has 152 valence electrons. The quantitative estimate of drug-likeness (QED) is 0.494. The van der Waals surface area contributed by atoms with Crippen molar-refractivity contribution in [2.45, 2.75) is 25.8 Å². The van der Waals surface area contributed by atoms with Crippen molar-refractivity contribution in [1.29, 1.82) is 0 Å². The molecule has 5 rings (SSSR count). The second-order valence-electron chi connectivity index (χ2n) is 7.35. The molecule has 0 unspecified atom stereocenters. The SMILES string of the molecule is COc1ccc(-c2nc(Nc3cccc(N4CCC[C@@H]4C)c3)c3ncsc3n2)cn1. The highest BCUT2D eigenvalue weighted by atomic mass is 32.1. The van der Waals surface area contributed by atoms with Crippen molar-refractivity contribution in [3.63, 3.8) is 0 Å². The zero-order valence-electron chi connectivity index (χ0n) is 16.9. The highest BCUT2D eigenvalue weighted by Crippen LogP contribution is 2.31. The maximum Gasteiger partial charge on any atom is 0.212 e. The van der Waals surface area contributed by atoms with Gasteiger partial charge in [-0.2, -0.15) is 0 Å². The fourth-order valence-electron chi connectivity index (χ4n) is 3.83. The number of nitrogens with zero attached hydrogens (tertiary/aromatic N) is 5. The van der Waals surface area contributed by atoms with E-state index in [1.54, 1.807) is 18.8 Å². The Bertz CT molecular complexity index is 1180. The molecule has 1 aromatic carbocycles. The largest absolute Gasteiger partial charge is 0.481 e. The molecule has 0 bridgehead atoms. The molecule has 1 fully saturated rings. The standard InChI is InChI=1S/C22H22N6OS/c1-14-5-4-10-28(14)17-7-3-6-16(11-17)25-21-19-22(30-13-24-19)27-20(26-21)15-8-9-18(29-2)23-12-15/h3,6-9,11-14H,4-5,10H2,1-2H3,(H,25,26,27)/t14-/m0/s1. The van der Waals surface area contributed by atoms with Crippen molar-refractivity contribution in [2.75, 3.05) is 23.9 Å². The molecule has 7 nitrogen and oxygen atoms in total. The Morgan fingerprint density at radius 1 is 1.17 bits per heavy atom. The van der Waals surface area contributed by atoms with Gasteiger partial charge in [0.1, 0.15) is 10.3 Å². The van der Waals surface area contributed by atoms with Crippen molar-refractivity contribution in [3.8, 4) is 17.3 Å². The number of thiazole rings is 1. The Balaban J connectivity index is 1.50. The molecule has 4 aromatic rings. The van der Waals surface area contributed by atoms with E-state index in [1.165, 1.54) is 29.9 Å². The van der Waals surface area contributed by atoms with Gasteiger partial charge in [0.25, 0.3) is 0 Å². The predicted octanol–water partition coefficient (Wildman–Crippen LogP) is 4.89. The van der Waals surface area contributed by atoms with Crippen molar-refractivity contribution in [2.24, 2.45) is 0 Å². The minimum absolute atomic E-state index is 0.559. The van der Waals surface area contributed by atoms with E-state index in [0.29, 0.717) is 23.6 Å². The summed E-state index contributed by atoms with van der Waals surface area (Å²) in [6.45, 7) is 3.38. The lowest BCUT2D eigenvalue weighted by atomic mass is 10.2. The first-order valence-electron chi connectivity index (χ1n) is 9.96. The van der Waals surface area contributed by atoms with Crippen LogP contribution in [0.4, 0.5) is 17.2 Å². The van der Waals surface area contributed by atoms with Crippen LogP contribution in [0.5, 0.6) is 5.88 Å². The van der Waals surface area contributed by atoms with Gasteiger partial charge in [-0.1, -0.05) is 6.07 Å². The predicted molar refractivity (Wildman–Crippen MR) is 121 cm³/mol. The molecule has 8 heteroatoms. The third kappa shape index (κ3) is 3.54. The summed E-state index contributed by atoms with van der Waals surface area (Å²) in [7, 11) is 1.60. The first kappa shape index (κ1) is 18.7. The van der Waals surface area contributed by atoms with Gasteiger partial charge in [0.15, 0.2) is 11.6 Å². The molecule has 0 saturated carbocycles. The Hall–Kier alpha value is -3.26. The van der Waals surface area contributed by atoms with Gasteiger partial charge < -0.3 is 15.0 Å². The Morgan fingerprint density at radius 2 is 2.10 bits per heavy atom. The highest BCUT2D eigenvalue weighted by Gasteiger charge is 2.21. The Kier molecular flexibility index (Phi) is 4.92. The molecule has 1 aliphatic rings. The van der Waals surface area contributed by atoms with Crippen LogP contribution in [-0.4, -0.2) is 39.6 Å². The highest BCUT2D eigenvalue weighted by molar-refractivity contribution is 7.16. The number of ether oxygens (including phenoxy) is 1. The molecule has 0 aliphatic carbocycles. The molecule has 3 aromatic heterocycles. The van der Waals surface area contributed by atoms with E-state index >= 15 is 0 Å². The minimum Gasteiger partial charge on any atom is -0.481 e. The number of hydrogen-bond acceptors (Lipinski definition) is 8. The monoisotopic (exact) mass is 418 g/mol. The first-order chi connectivity index (χ1) is 14.7. The van der Waals surface area contributed by atoms with Crippen molar-refractivity contribution >= 4 is 38.9 Å². The molecule has 1 aliphatic heterocycles. The van der Waals surface area contributed by atoms with Gasteiger partial charge in [-0.3, -0.25) is 0 Å². The van der Waals surface area contributed by atoms with E-state index in [0.717, 1.165) is 28.1 Å². The lowest BCUT2D eigenvalue weighted by Crippen LogP contribution is -2.26. The number of fused-ring (bicyclic) bond motifs is 1. The van der Waals surface area contributed by atoms with Gasteiger partial charge in [0, 0.05) is 41.8 Å². The molecule has 30 heavy (non-hydrogen) atoms. The summed E-state index contributed by atoms with van der Waals surface area (Å²) >= 11 is 1.50. The van der Waals surface area contributed by atoms with Crippen LogP contribution in [0.3, 0.4) is 0 Å². The van der Waals surface area contributed by atoms with Gasteiger partial charge in [-0.15, -0.1) is 11.3 Å². The number of methoxy groups -OCH3 is 1. The second kappa shape index (κ2) is 7.87. The summed E-state index contributed by atoms with van der Waals surface area (Å²) in [6, 6.07) is 12.8. The number of aromatic nitrogens is 4. The molecule has 1 atom stereocenters. The number of rotatable bonds is 5. The summed E-state index contributed by atoms with van der Waals surface area (Å²) in [5.74, 6) is 1.86. The summed E-state index contributed by atoms with van der Waals surface area (Å²) in [4.78, 5) is 21.5. The molecular weight excluding hydrogens is 396 g/mol. The average molecular weight is 419 g/mol. The van der Waals surface area contributed by atoms with Crippen LogP contribution in [-0.2, 0) is 0 Å². The summed E-state index contributed by atoms with van der Waals surface area (Å²) < 4.78 is 5.15. The fraction of sp³-hybridized carbons (Fsp3) is 0.273. The normalized spacial score (nSPS) is 16.2. The van der Waals surface area contributed by atoms with Crippen LogP contribution in [0.2, 0.25) is 0 Å². The summed E-state index contributed by atoms with van der Waals surface area (Å²) in [5.41, 5.74) is 5.61. The number of pyridine rings is 1. The van der Waals surface area contributed by atoms with Crippen molar-refractivity contribution in [1.82, 2.24) is 19.9 Å². The van der Waals surface area contributed by atoms with Crippen LogP contribution >= 0.6 is 11.3 Å². The summed E-state index contributed by atoms with van der Waals surface area (Å²) in [6.07, 6.45) is 4.20. The lowest BCUT2D eigenvalue weighted by molar-refractivity contribution is 0.398. The van der Waals surface area contributed by atoms with Crippen molar-refractivity contribution in [3.05, 3.63) is 48.1 Å². The smallest absolute Gasteiger partial charge is 0.212 e. The number of benzene rings is 1. The van der Waals surface area contributed by atoms with Crippen LogP contribution < -0.4 is 15.0 Å². The minimum atomic E-state index is 0.559. The van der Waals surface area contributed by atoms with Gasteiger partial charge in [0.05, 0.1) is 12.6 Å². The molecular formula is C22H22N6OS. The van der Waals surface area contributed by atoms with E-state index in [2.05, 4.69) is 56.4 Å². The second-order valence-corrected chi connectivity index (χ2v) is 8.18. The van der Waals surface area contributed by atoms with E-state index in [4.69, 9.17) is 9.72 Å². The van der Waals surface area contributed by atoms with Gasteiger partial charge in [-0.05, 0) is 44.0 Å². The lowest BCUT2D eigenvalue weighted by Gasteiger charge is -2.24. The fourth-order valence-corrected chi connectivity index (χ4v) is 4.49. The van der Waals surface area contributed by atoms with E-state index in [1.807, 2.05) is 12.1 Å². The number of nitrogens with one attached hydrogen (secondary N) is 1. The topological polar surface area (TPSA) is 76.1 Å². The van der Waals surface area contributed by atoms with Crippen molar-refractivity contribution < 1.29 is 4.74 Å². The molecule has 0 radical (unpaired) electrons. The number of anilines is 3. The number of hydrogen-bond donors (Lipinski definition) is 1. The van der Waals surface area contributed by atoms with Crippen LogP contribution in [0.1, 0.15) is 19.8 Å². The van der Waals surface area contributed by atoms with Gasteiger partial charge >= 0.3 is 0 Å². The molecule has 0 spiro atoms. The van der Waals surface area contributed by atoms with Crippen LogP contribution in [0, 0.1) is 0 Å². The first-order valence-corrected chi connectivity index (χ1v) is 10.8. The maximum absolute atomic E-state index is 5.15. The van der Waals surface area contributed by atoms with Crippen LogP contribution in [0.15, 0.2) is 48.1 Å². The van der Waals surface area contributed by atoms with E-state index in [-0.39, 0.29) is 0 Å². The molecule has 1 N–H and O–H groups in total. The van der Waals surface area contributed by atoms with Crippen LogP contribution in [0.25, 0.3) is 21.7 Å². The Labute approximate surface area is 178 Å². The third-order valence-electron chi connectivity index (χ3n) is 5.40. The maximum atomic E-state index is 5.15. The zero-order valence-corrected chi connectivity index (χ0v) is 17.7. The average Bonchev–Trinajstić information content (AvgIpc) is 3.43. The van der Waals surface area contributed by atoms with Gasteiger partial charge in [-0.25, -0.2) is 19.9 Å². The Morgan fingerprint density at radius 3 is 2.87 bits per heavy atom. The molecule has 4 heterocycles. The van der Waals surface area contributed by atoms with Gasteiger partial charge in [0.2, 0.25) is 5.88 Å². The summed E-state index contributed by atoms with van der Waals surface area (Å²) in [5, 5.41) is 3.47. The molecule has 1 saturated heterocycles. The zero-order chi connectivity index (χ0) is 20.5. The third-order valence-corrected chi connectivity index (χ3v) is 6.11. The van der Waals surface area contributed by atoms with E-state index in [9.17, 15) is 0 Å². The van der Waals surface area contributed by atoms with E-state index < -0.39 is 0 Å².